The van der Waals surface area contributed by atoms with Crippen LogP contribution in [0.15, 0.2) is 16.9 Å². The van der Waals surface area contributed by atoms with E-state index in [1.54, 1.807) is 6.07 Å². The maximum absolute atomic E-state index is 10.9. The van der Waals surface area contributed by atoms with Crippen molar-refractivity contribution in [3.63, 3.8) is 0 Å². The van der Waals surface area contributed by atoms with E-state index in [4.69, 9.17) is 0 Å². The Hall–Kier alpha value is -1.09. The van der Waals surface area contributed by atoms with E-state index in [1.807, 2.05) is 19.9 Å². The highest BCUT2D eigenvalue weighted by Crippen LogP contribution is 2.07. The lowest BCUT2D eigenvalue weighted by atomic mass is 10.1. The highest BCUT2D eigenvalue weighted by Gasteiger charge is 2.07. The second kappa shape index (κ2) is 4.82. The van der Waals surface area contributed by atoms with Crippen molar-refractivity contribution in [3.8, 4) is 0 Å². The second-order valence-electron chi connectivity index (χ2n) is 2.75. The molecule has 13 heavy (non-hydrogen) atoms. The molecule has 0 aliphatic carbocycles. The molecule has 0 amide bonds. The van der Waals surface area contributed by atoms with Gasteiger partial charge in [-0.25, -0.2) is 0 Å². The Morgan fingerprint density at radius 1 is 1.31 bits per heavy atom. The number of hydrogen-bond donors (Lipinski definition) is 2. The summed E-state index contributed by atoms with van der Waals surface area (Å²) in [5.74, 6) is 0. The number of pyridine rings is 1. The van der Waals surface area contributed by atoms with Crippen molar-refractivity contribution >= 4 is 0 Å². The zero-order chi connectivity index (χ0) is 9.68. The number of aromatic amines is 1. The van der Waals surface area contributed by atoms with Crippen LogP contribution in [0.2, 0.25) is 0 Å². The standard InChI is InChI=1S/C8H10N2O.C2H6/c11-8-2-1-6-3-4-9-5-7(6)10-8;1-2/h1-2,9H,3-5H2,(H,10,11);1-2H3. The number of nitrogens with one attached hydrogen (secondary N) is 2. The molecule has 0 aromatic carbocycles. The van der Waals surface area contributed by atoms with E-state index < -0.39 is 0 Å². The number of rotatable bonds is 0. The minimum atomic E-state index is -0.00699. The zero-order valence-electron chi connectivity index (χ0n) is 8.18. The van der Waals surface area contributed by atoms with Crippen molar-refractivity contribution in [2.45, 2.75) is 26.8 Å². The molecule has 0 bridgehead atoms. The van der Waals surface area contributed by atoms with E-state index in [1.165, 1.54) is 5.56 Å². The van der Waals surface area contributed by atoms with Crippen molar-refractivity contribution in [2.75, 3.05) is 6.54 Å². The van der Waals surface area contributed by atoms with Gasteiger partial charge in [-0.3, -0.25) is 4.79 Å². The Morgan fingerprint density at radius 3 is 2.85 bits per heavy atom. The van der Waals surface area contributed by atoms with Crippen molar-refractivity contribution in [1.82, 2.24) is 10.3 Å². The molecule has 2 heterocycles. The molecule has 0 radical (unpaired) electrons. The fourth-order valence-corrected chi connectivity index (χ4v) is 1.38. The Morgan fingerprint density at radius 2 is 2.08 bits per heavy atom. The summed E-state index contributed by atoms with van der Waals surface area (Å²) in [6.45, 7) is 5.81. The third-order valence-corrected chi connectivity index (χ3v) is 1.97. The second-order valence-corrected chi connectivity index (χ2v) is 2.75. The van der Waals surface area contributed by atoms with E-state index in [-0.39, 0.29) is 5.56 Å². The van der Waals surface area contributed by atoms with E-state index in [2.05, 4.69) is 10.3 Å². The summed E-state index contributed by atoms with van der Waals surface area (Å²) in [6.07, 6.45) is 1.02. The van der Waals surface area contributed by atoms with Gasteiger partial charge in [0.05, 0.1) is 0 Å². The van der Waals surface area contributed by atoms with Crippen molar-refractivity contribution in [3.05, 3.63) is 33.7 Å². The molecule has 0 unspecified atom stereocenters. The van der Waals surface area contributed by atoms with E-state index in [9.17, 15) is 4.79 Å². The first-order valence-corrected chi connectivity index (χ1v) is 4.78. The van der Waals surface area contributed by atoms with Gasteiger partial charge in [-0.05, 0) is 18.5 Å². The molecule has 0 atom stereocenters. The average molecular weight is 180 g/mol. The summed E-state index contributed by atoms with van der Waals surface area (Å²) in [5, 5.41) is 3.20. The van der Waals surface area contributed by atoms with Gasteiger partial charge in [0.2, 0.25) is 5.56 Å². The predicted octanol–water partition coefficient (Wildman–Crippen LogP) is 1.05. The van der Waals surface area contributed by atoms with E-state index in [0.717, 1.165) is 25.2 Å². The van der Waals surface area contributed by atoms with Gasteiger partial charge >= 0.3 is 0 Å². The quantitative estimate of drug-likeness (QED) is 0.626. The van der Waals surface area contributed by atoms with Gasteiger partial charge in [0, 0.05) is 18.3 Å². The SMILES string of the molecule is CC.O=c1ccc2c([nH]1)CNCC2. The molecule has 3 nitrogen and oxygen atoms in total. The molecular weight excluding hydrogens is 164 g/mol. The van der Waals surface area contributed by atoms with Crippen LogP contribution in [0.4, 0.5) is 0 Å². The molecule has 1 aromatic heterocycles. The Kier molecular flexibility index (Phi) is 3.71. The summed E-state index contributed by atoms with van der Waals surface area (Å²) in [6, 6.07) is 3.50. The van der Waals surface area contributed by atoms with Crippen LogP contribution in [-0.4, -0.2) is 11.5 Å². The van der Waals surface area contributed by atoms with Crippen LogP contribution in [0.5, 0.6) is 0 Å². The number of H-pyrrole nitrogens is 1. The van der Waals surface area contributed by atoms with Crippen molar-refractivity contribution in [2.24, 2.45) is 0 Å². The summed E-state index contributed by atoms with van der Waals surface area (Å²) in [5.41, 5.74) is 2.31. The first-order chi connectivity index (χ1) is 6.36. The number of fused-ring (bicyclic) bond motifs is 1. The summed E-state index contributed by atoms with van der Waals surface area (Å²) in [7, 11) is 0. The lowest BCUT2D eigenvalue weighted by molar-refractivity contribution is 0.625. The molecular formula is C10H16N2O. The monoisotopic (exact) mass is 180 g/mol. The van der Waals surface area contributed by atoms with Gasteiger partial charge < -0.3 is 10.3 Å². The smallest absolute Gasteiger partial charge is 0.248 e. The first kappa shape index (κ1) is 9.99. The zero-order valence-corrected chi connectivity index (χ0v) is 8.18. The van der Waals surface area contributed by atoms with Crippen LogP contribution in [0.25, 0.3) is 0 Å². The highest BCUT2D eigenvalue weighted by atomic mass is 16.1. The summed E-state index contributed by atoms with van der Waals surface area (Å²) >= 11 is 0. The third-order valence-electron chi connectivity index (χ3n) is 1.97. The van der Waals surface area contributed by atoms with Gasteiger partial charge in [-0.15, -0.1) is 0 Å². The summed E-state index contributed by atoms with van der Waals surface area (Å²) in [4.78, 5) is 13.7. The van der Waals surface area contributed by atoms with Gasteiger partial charge in [-0.1, -0.05) is 19.9 Å². The minimum absolute atomic E-state index is 0.00699. The van der Waals surface area contributed by atoms with E-state index in [0.29, 0.717) is 0 Å². The lowest BCUT2D eigenvalue weighted by Crippen LogP contribution is -2.26. The Balaban J connectivity index is 0.000000396. The largest absolute Gasteiger partial charge is 0.325 e. The highest BCUT2D eigenvalue weighted by molar-refractivity contribution is 5.21. The predicted molar refractivity (Wildman–Crippen MR) is 53.8 cm³/mol. The van der Waals surface area contributed by atoms with Crippen LogP contribution in [-0.2, 0) is 13.0 Å². The average Bonchev–Trinajstić information content (AvgIpc) is 2.21. The van der Waals surface area contributed by atoms with Crippen molar-refractivity contribution in [1.29, 1.82) is 0 Å². The third kappa shape index (κ3) is 2.42. The molecule has 72 valence electrons. The van der Waals surface area contributed by atoms with Crippen molar-refractivity contribution < 1.29 is 0 Å². The van der Waals surface area contributed by atoms with Gasteiger partial charge in [-0.2, -0.15) is 0 Å². The van der Waals surface area contributed by atoms with Crippen LogP contribution < -0.4 is 10.9 Å². The normalized spacial score (nSPS) is 14.0. The van der Waals surface area contributed by atoms with Crippen LogP contribution in [0.3, 0.4) is 0 Å². The molecule has 1 aliphatic heterocycles. The van der Waals surface area contributed by atoms with Crippen LogP contribution in [0, 0.1) is 0 Å². The molecule has 2 N–H and O–H groups in total. The van der Waals surface area contributed by atoms with Crippen LogP contribution >= 0.6 is 0 Å². The fourth-order valence-electron chi connectivity index (χ4n) is 1.38. The molecule has 0 spiro atoms. The molecule has 0 saturated heterocycles. The molecule has 1 aliphatic rings. The molecule has 0 saturated carbocycles. The van der Waals surface area contributed by atoms with Gasteiger partial charge in [0.15, 0.2) is 0 Å². The molecule has 3 heteroatoms. The molecule has 1 aromatic rings. The number of aromatic nitrogens is 1. The Bertz CT molecular complexity index is 317. The number of hydrogen-bond acceptors (Lipinski definition) is 2. The van der Waals surface area contributed by atoms with Crippen LogP contribution in [0.1, 0.15) is 25.1 Å². The maximum Gasteiger partial charge on any atom is 0.248 e. The molecule has 2 rings (SSSR count). The summed E-state index contributed by atoms with van der Waals surface area (Å²) < 4.78 is 0. The van der Waals surface area contributed by atoms with Gasteiger partial charge in [0.1, 0.15) is 0 Å². The van der Waals surface area contributed by atoms with Gasteiger partial charge in [0.25, 0.3) is 0 Å². The first-order valence-electron chi connectivity index (χ1n) is 4.78. The molecule has 0 fully saturated rings. The Labute approximate surface area is 78.2 Å². The minimum Gasteiger partial charge on any atom is -0.325 e. The topological polar surface area (TPSA) is 44.9 Å². The maximum atomic E-state index is 10.9. The van der Waals surface area contributed by atoms with E-state index >= 15 is 0 Å². The lowest BCUT2D eigenvalue weighted by Gasteiger charge is -2.15. The fraction of sp³-hybridized carbons (Fsp3) is 0.500.